The summed E-state index contributed by atoms with van der Waals surface area (Å²) in [7, 11) is 0. The van der Waals surface area contributed by atoms with E-state index < -0.39 is 0 Å². The number of para-hydroxylation sites is 2. The number of nitrogens with zero attached hydrogens (tertiary/aromatic N) is 1. The van der Waals surface area contributed by atoms with Crippen LogP contribution in [0.15, 0.2) is 58.2 Å². The van der Waals surface area contributed by atoms with Crippen molar-refractivity contribution in [2.45, 2.75) is 25.1 Å². The minimum atomic E-state index is -0.288. The number of aromatic nitrogens is 1. The van der Waals surface area contributed by atoms with Crippen molar-refractivity contribution in [1.29, 1.82) is 0 Å². The van der Waals surface area contributed by atoms with Gasteiger partial charge in [0, 0.05) is 0 Å². The Balaban J connectivity index is 1.62. The maximum absolute atomic E-state index is 13.1. The van der Waals surface area contributed by atoms with Crippen molar-refractivity contribution in [2.75, 3.05) is 5.75 Å². The Morgan fingerprint density at radius 3 is 2.60 bits per heavy atom. The number of carbonyl (C=O) groups is 1. The first-order chi connectivity index (χ1) is 12.0. The van der Waals surface area contributed by atoms with Gasteiger partial charge in [-0.25, -0.2) is 9.37 Å². The molecule has 0 spiro atoms. The summed E-state index contributed by atoms with van der Waals surface area (Å²) >= 11 is 1.26. The third-order valence-electron chi connectivity index (χ3n) is 3.81. The minimum Gasteiger partial charge on any atom is -0.431 e. The zero-order valence-electron chi connectivity index (χ0n) is 14.0. The number of halogens is 1. The Labute approximate surface area is 149 Å². The molecular formula is C19H19FN2O2S. The average Bonchev–Trinajstić information content (AvgIpc) is 3.01. The number of carbonyl (C=O) groups excluding carboxylic acids is 1. The lowest BCUT2D eigenvalue weighted by atomic mass is 9.96. The number of thioether (sulfide) groups is 1. The highest BCUT2D eigenvalue weighted by atomic mass is 32.2. The lowest BCUT2D eigenvalue weighted by Crippen LogP contribution is -2.33. The molecule has 0 saturated carbocycles. The van der Waals surface area contributed by atoms with Gasteiger partial charge in [-0.15, -0.1) is 0 Å². The number of oxazole rings is 1. The van der Waals surface area contributed by atoms with Gasteiger partial charge in [-0.3, -0.25) is 4.79 Å². The zero-order valence-corrected chi connectivity index (χ0v) is 14.8. The number of hydrogen-bond acceptors (Lipinski definition) is 4. The highest BCUT2D eigenvalue weighted by molar-refractivity contribution is 7.99. The molecule has 0 fully saturated rings. The normalized spacial score (nSPS) is 12.5. The van der Waals surface area contributed by atoms with Gasteiger partial charge in [0.05, 0.1) is 11.8 Å². The standard InChI is InChI=1S/C19H19FN2O2S/c1-12(2)18(13-7-9-14(20)10-8-13)22-17(23)11-25-19-21-15-5-3-4-6-16(15)24-19/h3-10,12,18H,11H2,1-2H3,(H,22,23). The Bertz CT molecular complexity index is 828. The second-order valence-electron chi connectivity index (χ2n) is 6.08. The molecule has 6 heteroatoms. The summed E-state index contributed by atoms with van der Waals surface area (Å²) in [4.78, 5) is 16.7. The van der Waals surface area contributed by atoms with E-state index in [0.29, 0.717) is 10.8 Å². The molecule has 0 saturated heterocycles. The SMILES string of the molecule is CC(C)C(NC(=O)CSc1nc2ccccc2o1)c1ccc(F)cc1. The second kappa shape index (κ2) is 7.70. The molecule has 1 N–H and O–H groups in total. The van der Waals surface area contributed by atoms with E-state index in [1.165, 1.54) is 23.9 Å². The molecule has 0 aliphatic heterocycles. The Morgan fingerprint density at radius 1 is 1.20 bits per heavy atom. The fraction of sp³-hybridized carbons (Fsp3) is 0.263. The van der Waals surface area contributed by atoms with Crippen molar-refractivity contribution in [3.05, 3.63) is 59.9 Å². The summed E-state index contributed by atoms with van der Waals surface area (Å²) in [6.45, 7) is 4.03. The quantitative estimate of drug-likeness (QED) is 0.656. The minimum absolute atomic E-state index is 0.115. The highest BCUT2D eigenvalue weighted by Crippen LogP contribution is 2.25. The van der Waals surface area contributed by atoms with E-state index in [1.807, 2.05) is 38.1 Å². The molecule has 1 atom stereocenters. The van der Waals surface area contributed by atoms with Crippen LogP contribution in [0.2, 0.25) is 0 Å². The number of rotatable bonds is 6. The molecule has 2 aromatic carbocycles. The molecule has 0 aliphatic rings. The molecule has 1 heterocycles. The van der Waals surface area contributed by atoms with Crippen LogP contribution in [0.3, 0.4) is 0 Å². The van der Waals surface area contributed by atoms with Crippen LogP contribution in [-0.2, 0) is 4.79 Å². The number of benzene rings is 2. The molecule has 3 aromatic rings. The number of amides is 1. The molecule has 3 rings (SSSR count). The predicted molar refractivity (Wildman–Crippen MR) is 96.9 cm³/mol. The maximum atomic E-state index is 13.1. The van der Waals surface area contributed by atoms with E-state index >= 15 is 0 Å². The lowest BCUT2D eigenvalue weighted by molar-refractivity contribution is -0.119. The smallest absolute Gasteiger partial charge is 0.257 e. The van der Waals surface area contributed by atoms with Gasteiger partial charge in [0.25, 0.3) is 5.22 Å². The third-order valence-corrected chi connectivity index (χ3v) is 4.64. The van der Waals surface area contributed by atoms with Crippen molar-refractivity contribution >= 4 is 28.8 Å². The van der Waals surface area contributed by atoms with E-state index in [2.05, 4.69) is 10.3 Å². The fourth-order valence-corrected chi connectivity index (χ4v) is 3.21. The van der Waals surface area contributed by atoms with E-state index in [4.69, 9.17) is 4.42 Å². The number of fused-ring (bicyclic) bond motifs is 1. The van der Waals surface area contributed by atoms with Crippen LogP contribution in [0.4, 0.5) is 4.39 Å². The highest BCUT2D eigenvalue weighted by Gasteiger charge is 2.19. The van der Waals surface area contributed by atoms with Gasteiger partial charge < -0.3 is 9.73 Å². The second-order valence-corrected chi connectivity index (χ2v) is 7.00. The molecule has 0 radical (unpaired) electrons. The van der Waals surface area contributed by atoms with Gasteiger partial charge in [0.1, 0.15) is 11.3 Å². The Morgan fingerprint density at radius 2 is 1.92 bits per heavy atom. The molecular weight excluding hydrogens is 339 g/mol. The topological polar surface area (TPSA) is 55.1 Å². The van der Waals surface area contributed by atoms with Gasteiger partial charge in [-0.1, -0.05) is 49.9 Å². The summed E-state index contributed by atoms with van der Waals surface area (Å²) in [6.07, 6.45) is 0. The first-order valence-corrected chi connectivity index (χ1v) is 9.04. The van der Waals surface area contributed by atoms with E-state index in [-0.39, 0.29) is 29.4 Å². The number of hydrogen-bond donors (Lipinski definition) is 1. The first kappa shape index (κ1) is 17.5. The summed E-state index contributed by atoms with van der Waals surface area (Å²) in [5, 5.41) is 3.48. The van der Waals surface area contributed by atoms with Crippen LogP contribution in [0.1, 0.15) is 25.5 Å². The van der Waals surface area contributed by atoms with Crippen LogP contribution >= 0.6 is 11.8 Å². The van der Waals surface area contributed by atoms with Gasteiger partial charge in [-0.2, -0.15) is 0 Å². The first-order valence-electron chi connectivity index (χ1n) is 8.06. The summed E-state index contributed by atoms with van der Waals surface area (Å²) in [5.74, 6) is -0.0137. The summed E-state index contributed by atoms with van der Waals surface area (Å²) in [6, 6.07) is 13.5. The predicted octanol–water partition coefficient (Wildman–Crippen LogP) is 4.57. The van der Waals surface area contributed by atoms with Crippen LogP contribution in [0, 0.1) is 11.7 Å². The van der Waals surface area contributed by atoms with Crippen LogP contribution in [0.5, 0.6) is 0 Å². The van der Waals surface area contributed by atoms with Crippen LogP contribution < -0.4 is 5.32 Å². The van der Waals surface area contributed by atoms with E-state index in [1.54, 1.807) is 12.1 Å². The molecule has 25 heavy (non-hydrogen) atoms. The van der Waals surface area contributed by atoms with Crippen molar-refractivity contribution in [2.24, 2.45) is 5.92 Å². The maximum Gasteiger partial charge on any atom is 0.257 e. The molecule has 130 valence electrons. The molecule has 1 unspecified atom stereocenters. The van der Waals surface area contributed by atoms with Crippen LogP contribution in [-0.4, -0.2) is 16.6 Å². The van der Waals surface area contributed by atoms with E-state index in [0.717, 1.165) is 11.1 Å². The summed E-state index contributed by atoms with van der Waals surface area (Å²) < 4.78 is 18.7. The van der Waals surface area contributed by atoms with Crippen LogP contribution in [0.25, 0.3) is 11.1 Å². The third kappa shape index (κ3) is 4.39. The van der Waals surface area contributed by atoms with Crippen molar-refractivity contribution in [3.63, 3.8) is 0 Å². The fourth-order valence-electron chi connectivity index (χ4n) is 2.56. The monoisotopic (exact) mass is 358 g/mol. The van der Waals surface area contributed by atoms with E-state index in [9.17, 15) is 9.18 Å². The van der Waals surface area contributed by atoms with Gasteiger partial charge >= 0.3 is 0 Å². The average molecular weight is 358 g/mol. The van der Waals surface area contributed by atoms with Gasteiger partial charge in [0.15, 0.2) is 5.58 Å². The zero-order chi connectivity index (χ0) is 17.8. The largest absolute Gasteiger partial charge is 0.431 e. The van der Waals surface area contributed by atoms with Gasteiger partial charge in [0.2, 0.25) is 5.91 Å². The van der Waals surface area contributed by atoms with Crippen molar-refractivity contribution in [1.82, 2.24) is 10.3 Å². The summed E-state index contributed by atoms with van der Waals surface area (Å²) in [5.41, 5.74) is 2.37. The molecule has 0 bridgehead atoms. The van der Waals surface area contributed by atoms with Crippen molar-refractivity contribution in [3.8, 4) is 0 Å². The lowest BCUT2D eigenvalue weighted by Gasteiger charge is -2.22. The molecule has 1 aromatic heterocycles. The molecule has 1 amide bonds. The Kier molecular flexibility index (Phi) is 5.38. The van der Waals surface area contributed by atoms with Gasteiger partial charge in [-0.05, 0) is 35.7 Å². The molecule has 0 aliphatic carbocycles. The van der Waals surface area contributed by atoms with Crippen molar-refractivity contribution < 1.29 is 13.6 Å². The Hall–Kier alpha value is -2.34. The molecule has 4 nitrogen and oxygen atoms in total. The number of nitrogens with one attached hydrogen (secondary N) is 1.